The van der Waals surface area contributed by atoms with Crippen LogP contribution in [-0.2, 0) is 22.7 Å². The Labute approximate surface area is 126 Å². The number of nitrogens with zero attached hydrogens (tertiary/aromatic N) is 1. The number of carboxylic acids is 1. The summed E-state index contributed by atoms with van der Waals surface area (Å²) >= 11 is 0. The van der Waals surface area contributed by atoms with Crippen molar-refractivity contribution in [1.82, 2.24) is 4.90 Å². The minimum atomic E-state index is -0.639. The average molecular weight is 291 g/mol. The Morgan fingerprint density at radius 1 is 1.43 bits per heavy atom. The van der Waals surface area contributed by atoms with Crippen molar-refractivity contribution in [2.45, 2.75) is 39.3 Å². The van der Waals surface area contributed by atoms with Crippen LogP contribution >= 0.6 is 0 Å². The van der Waals surface area contributed by atoms with Gasteiger partial charge in [-0.05, 0) is 30.5 Å². The summed E-state index contributed by atoms with van der Waals surface area (Å²) in [5, 5.41) is 9.55. The van der Waals surface area contributed by atoms with Gasteiger partial charge in [-0.2, -0.15) is 0 Å². The summed E-state index contributed by atoms with van der Waals surface area (Å²) in [6.07, 6.45) is 2.44. The summed E-state index contributed by atoms with van der Waals surface area (Å²) in [6.45, 7) is 5.01. The summed E-state index contributed by atoms with van der Waals surface area (Å²) < 4.78 is 5.16. The standard InChI is InChI=1S/C17H25NO3/c1-3-7-17(16(19)20)8-9-18(13-17)11-14-5-4-6-15(10-14)12-21-2/h4-6,10H,3,7-9,11-13H2,1-2H3,(H,19,20). The highest BCUT2D eigenvalue weighted by atomic mass is 16.5. The zero-order valence-corrected chi connectivity index (χ0v) is 13.0. The molecule has 1 fully saturated rings. The van der Waals surface area contributed by atoms with Gasteiger partial charge in [-0.3, -0.25) is 9.69 Å². The van der Waals surface area contributed by atoms with Gasteiger partial charge in [0.2, 0.25) is 0 Å². The molecule has 4 heteroatoms. The number of likely N-dealkylation sites (tertiary alicyclic amines) is 1. The maximum absolute atomic E-state index is 11.6. The van der Waals surface area contributed by atoms with E-state index >= 15 is 0 Å². The predicted molar refractivity (Wildman–Crippen MR) is 82.0 cm³/mol. The van der Waals surface area contributed by atoms with Crippen LogP contribution in [0.25, 0.3) is 0 Å². The van der Waals surface area contributed by atoms with Crippen LogP contribution in [0.3, 0.4) is 0 Å². The lowest BCUT2D eigenvalue weighted by Gasteiger charge is -2.24. The molecule has 0 spiro atoms. The Morgan fingerprint density at radius 3 is 2.86 bits per heavy atom. The molecule has 0 saturated carbocycles. The number of benzene rings is 1. The second kappa shape index (κ2) is 7.05. The van der Waals surface area contributed by atoms with Crippen LogP contribution in [0, 0.1) is 5.41 Å². The normalized spacial score (nSPS) is 22.6. The van der Waals surface area contributed by atoms with E-state index in [0.717, 1.165) is 37.9 Å². The van der Waals surface area contributed by atoms with Crippen molar-refractivity contribution >= 4 is 5.97 Å². The highest BCUT2D eigenvalue weighted by Gasteiger charge is 2.43. The minimum absolute atomic E-state index is 0.543. The van der Waals surface area contributed by atoms with Crippen molar-refractivity contribution in [3.8, 4) is 0 Å². The van der Waals surface area contributed by atoms with Gasteiger partial charge < -0.3 is 9.84 Å². The first-order chi connectivity index (χ1) is 10.1. The fraction of sp³-hybridized carbons (Fsp3) is 0.588. The lowest BCUT2D eigenvalue weighted by atomic mass is 9.83. The molecule has 4 nitrogen and oxygen atoms in total. The summed E-state index contributed by atoms with van der Waals surface area (Å²) in [6, 6.07) is 8.33. The first-order valence-corrected chi connectivity index (χ1v) is 7.62. The molecule has 0 bridgehead atoms. The maximum atomic E-state index is 11.6. The lowest BCUT2D eigenvalue weighted by molar-refractivity contribution is -0.148. The molecule has 1 heterocycles. The molecule has 1 N–H and O–H groups in total. The number of hydrogen-bond acceptors (Lipinski definition) is 3. The zero-order chi connectivity index (χ0) is 15.3. The van der Waals surface area contributed by atoms with E-state index in [1.165, 1.54) is 5.56 Å². The van der Waals surface area contributed by atoms with Gasteiger partial charge >= 0.3 is 5.97 Å². The van der Waals surface area contributed by atoms with Gasteiger partial charge in [-0.15, -0.1) is 0 Å². The number of rotatable bonds is 7. The van der Waals surface area contributed by atoms with Crippen LogP contribution in [0.2, 0.25) is 0 Å². The molecular weight excluding hydrogens is 266 g/mol. The van der Waals surface area contributed by atoms with Crippen LogP contribution in [0.5, 0.6) is 0 Å². The first kappa shape index (κ1) is 16.0. The van der Waals surface area contributed by atoms with Crippen LogP contribution in [-0.4, -0.2) is 36.2 Å². The van der Waals surface area contributed by atoms with E-state index in [9.17, 15) is 9.90 Å². The van der Waals surface area contributed by atoms with Crippen molar-refractivity contribution < 1.29 is 14.6 Å². The van der Waals surface area contributed by atoms with Crippen LogP contribution in [0.1, 0.15) is 37.3 Å². The van der Waals surface area contributed by atoms with E-state index in [0.29, 0.717) is 13.2 Å². The number of carboxylic acid groups (broad SMARTS) is 1. The topological polar surface area (TPSA) is 49.8 Å². The van der Waals surface area contributed by atoms with E-state index in [-0.39, 0.29) is 0 Å². The van der Waals surface area contributed by atoms with Crippen LogP contribution in [0.4, 0.5) is 0 Å². The molecule has 21 heavy (non-hydrogen) atoms. The monoisotopic (exact) mass is 291 g/mol. The molecule has 1 unspecified atom stereocenters. The number of hydrogen-bond donors (Lipinski definition) is 1. The van der Waals surface area contributed by atoms with Crippen molar-refractivity contribution in [3.05, 3.63) is 35.4 Å². The maximum Gasteiger partial charge on any atom is 0.310 e. The second-order valence-electron chi connectivity index (χ2n) is 6.05. The van der Waals surface area contributed by atoms with E-state index in [1.54, 1.807) is 7.11 Å². The Kier molecular flexibility index (Phi) is 5.37. The van der Waals surface area contributed by atoms with Crippen molar-refractivity contribution in [1.29, 1.82) is 0 Å². The van der Waals surface area contributed by atoms with Gasteiger partial charge in [0.25, 0.3) is 0 Å². The van der Waals surface area contributed by atoms with E-state index in [1.807, 2.05) is 6.07 Å². The number of carbonyl (C=O) groups is 1. The third-order valence-corrected chi connectivity index (χ3v) is 4.32. The molecule has 116 valence electrons. The van der Waals surface area contributed by atoms with Crippen molar-refractivity contribution in [3.63, 3.8) is 0 Å². The molecule has 0 amide bonds. The molecule has 1 saturated heterocycles. The fourth-order valence-corrected chi connectivity index (χ4v) is 3.30. The van der Waals surface area contributed by atoms with Gasteiger partial charge in [0.1, 0.15) is 0 Å². The smallest absolute Gasteiger partial charge is 0.310 e. The van der Waals surface area contributed by atoms with E-state index < -0.39 is 11.4 Å². The van der Waals surface area contributed by atoms with Crippen LogP contribution in [0.15, 0.2) is 24.3 Å². The molecule has 1 aromatic carbocycles. The Balaban J connectivity index is 2.01. The molecule has 1 aromatic rings. The van der Waals surface area contributed by atoms with Gasteiger partial charge in [0, 0.05) is 20.2 Å². The summed E-state index contributed by atoms with van der Waals surface area (Å²) in [7, 11) is 1.69. The van der Waals surface area contributed by atoms with Gasteiger partial charge in [0.15, 0.2) is 0 Å². The molecular formula is C17H25NO3. The van der Waals surface area contributed by atoms with E-state index in [4.69, 9.17) is 4.74 Å². The number of aliphatic carboxylic acids is 1. The molecule has 2 rings (SSSR count). The number of methoxy groups -OCH3 is 1. The zero-order valence-electron chi connectivity index (χ0n) is 13.0. The third kappa shape index (κ3) is 3.83. The molecule has 0 aliphatic carbocycles. The summed E-state index contributed by atoms with van der Waals surface area (Å²) in [4.78, 5) is 13.9. The summed E-state index contributed by atoms with van der Waals surface area (Å²) in [5.41, 5.74) is 1.84. The molecule has 1 aliphatic heterocycles. The van der Waals surface area contributed by atoms with Crippen LogP contribution < -0.4 is 0 Å². The molecule has 0 aromatic heterocycles. The quantitative estimate of drug-likeness (QED) is 0.839. The molecule has 1 atom stereocenters. The Bertz CT molecular complexity index is 489. The highest BCUT2D eigenvalue weighted by molar-refractivity contribution is 5.75. The average Bonchev–Trinajstić information content (AvgIpc) is 2.84. The third-order valence-electron chi connectivity index (χ3n) is 4.32. The lowest BCUT2D eigenvalue weighted by Crippen LogP contribution is -2.34. The Hall–Kier alpha value is -1.39. The minimum Gasteiger partial charge on any atom is -0.481 e. The van der Waals surface area contributed by atoms with Gasteiger partial charge in [-0.1, -0.05) is 37.6 Å². The van der Waals surface area contributed by atoms with Gasteiger partial charge in [0.05, 0.1) is 12.0 Å². The van der Waals surface area contributed by atoms with Crippen molar-refractivity contribution in [2.75, 3.05) is 20.2 Å². The highest BCUT2D eigenvalue weighted by Crippen LogP contribution is 2.36. The second-order valence-corrected chi connectivity index (χ2v) is 6.05. The fourth-order valence-electron chi connectivity index (χ4n) is 3.30. The van der Waals surface area contributed by atoms with Crippen molar-refractivity contribution in [2.24, 2.45) is 5.41 Å². The Morgan fingerprint density at radius 2 is 2.19 bits per heavy atom. The molecule has 0 radical (unpaired) electrons. The van der Waals surface area contributed by atoms with Gasteiger partial charge in [-0.25, -0.2) is 0 Å². The first-order valence-electron chi connectivity index (χ1n) is 7.62. The van der Waals surface area contributed by atoms with E-state index in [2.05, 4.69) is 30.0 Å². The predicted octanol–water partition coefficient (Wildman–Crippen LogP) is 2.91. The SMILES string of the molecule is CCCC1(C(=O)O)CCN(Cc2cccc(COC)c2)C1. The molecule has 1 aliphatic rings. The largest absolute Gasteiger partial charge is 0.481 e. The number of ether oxygens (including phenoxy) is 1. The summed E-state index contributed by atoms with van der Waals surface area (Å²) in [5.74, 6) is -0.639.